The number of thiophene rings is 1. The van der Waals surface area contributed by atoms with E-state index < -0.39 is 24.3 Å². The van der Waals surface area contributed by atoms with Crippen LogP contribution in [0.3, 0.4) is 0 Å². The van der Waals surface area contributed by atoms with Crippen LogP contribution in [0.2, 0.25) is 0 Å². The van der Waals surface area contributed by atoms with Crippen LogP contribution in [-0.2, 0) is 14.3 Å². The summed E-state index contributed by atoms with van der Waals surface area (Å²) in [5.41, 5.74) is 0.628. The fourth-order valence-corrected chi connectivity index (χ4v) is 2.62. The van der Waals surface area contributed by atoms with Gasteiger partial charge in [0.15, 0.2) is 12.4 Å². The van der Waals surface area contributed by atoms with E-state index in [2.05, 4.69) is 5.32 Å². The molecule has 1 aromatic carbocycles. The molecule has 0 atom stereocenters. The summed E-state index contributed by atoms with van der Waals surface area (Å²) in [4.78, 5) is 35.1. The Hall–Kier alpha value is -3.05. The highest BCUT2D eigenvalue weighted by molar-refractivity contribution is 7.14. The molecule has 1 amide bonds. The van der Waals surface area contributed by atoms with Crippen LogP contribution < -0.4 is 5.32 Å². The molecule has 128 valence electrons. The van der Waals surface area contributed by atoms with E-state index >= 15 is 0 Å². The van der Waals surface area contributed by atoms with Crippen LogP contribution in [0.25, 0.3) is 0 Å². The number of nitriles is 1. The zero-order chi connectivity index (χ0) is 18.2. The number of benzene rings is 1. The van der Waals surface area contributed by atoms with Crippen molar-refractivity contribution in [1.82, 2.24) is 0 Å². The largest absolute Gasteiger partial charge is 0.456 e. The summed E-state index contributed by atoms with van der Waals surface area (Å²) in [6.07, 6.45) is -0.290. The average Bonchev–Trinajstić information content (AvgIpc) is 3.05. The normalized spacial score (nSPS) is 9.92. The van der Waals surface area contributed by atoms with Crippen molar-refractivity contribution >= 4 is 34.0 Å². The zero-order valence-corrected chi connectivity index (χ0v) is 13.8. The molecule has 8 heteroatoms. The number of rotatable bonds is 7. The fraction of sp³-hybridized carbons (Fsp3) is 0.176. The lowest BCUT2D eigenvalue weighted by molar-refractivity contribution is -0.147. The van der Waals surface area contributed by atoms with E-state index in [9.17, 15) is 18.8 Å². The van der Waals surface area contributed by atoms with Gasteiger partial charge >= 0.3 is 5.97 Å². The van der Waals surface area contributed by atoms with Gasteiger partial charge in [0, 0.05) is 12.0 Å². The minimum absolute atomic E-state index is 0.102. The number of amides is 1. The smallest absolute Gasteiger partial charge is 0.306 e. The van der Waals surface area contributed by atoms with Gasteiger partial charge in [-0.05, 0) is 35.7 Å². The van der Waals surface area contributed by atoms with E-state index in [0.717, 1.165) is 12.1 Å². The number of hydrogen-bond acceptors (Lipinski definition) is 6. The first-order valence-electron chi connectivity index (χ1n) is 7.21. The Bertz CT molecular complexity index is 824. The van der Waals surface area contributed by atoms with Crippen LogP contribution in [0, 0.1) is 17.1 Å². The van der Waals surface area contributed by atoms with Gasteiger partial charge in [0.05, 0.1) is 12.0 Å². The van der Waals surface area contributed by atoms with Crippen LogP contribution in [0.15, 0.2) is 35.7 Å². The second-order valence-corrected chi connectivity index (χ2v) is 5.83. The summed E-state index contributed by atoms with van der Waals surface area (Å²) >= 11 is 1.18. The van der Waals surface area contributed by atoms with Crippen molar-refractivity contribution in [3.63, 3.8) is 0 Å². The molecule has 2 rings (SSSR count). The Morgan fingerprint density at radius 1 is 1.16 bits per heavy atom. The lowest BCUT2D eigenvalue weighted by Crippen LogP contribution is -2.21. The minimum atomic E-state index is -0.697. The maximum Gasteiger partial charge on any atom is 0.306 e. The molecule has 1 heterocycles. The number of ketones is 1. The quantitative estimate of drug-likeness (QED) is 0.605. The van der Waals surface area contributed by atoms with Crippen LogP contribution in [0.4, 0.5) is 9.39 Å². The highest BCUT2D eigenvalue weighted by Gasteiger charge is 2.13. The van der Waals surface area contributed by atoms with Gasteiger partial charge in [-0.2, -0.15) is 5.26 Å². The van der Waals surface area contributed by atoms with E-state index in [0.29, 0.717) is 16.1 Å². The molecule has 0 unspecified atom stereocenters. The Kier molecular flexibility index (Phi) is 6.37. The number of nitrogens with one attached hydrogen (secondary N) is 1. The molecule has 0 fully saturated rings. The number of esters is 1. The first-order valence-corrected chi connectivity index (χ1v) is 8.09. The third-order valence-corrected chi connectivity index (χ3v) is 3.96. The predicted octanol–water partition coefficient (Wildman–Crippen LogP) is 2.90. The number of halogens is 1. The topological polar surface area (TPSA) is 96.3 Å². The molecular formula is C17H13FN2O4S. The molecule has 0 saturated heterocycles. The Morgan fingerprint density at radius 2 is 1.88 bits per heavy atom. The average molecular weight is 360 g/mol. The summed E-state index contributed by atoms with van der Waals surface area (Å²) in [5.74, 6) is -2.04. The predicted molar refractivity (Wildman–Crippen MR) is 88.6 cm³/mol. The lowest BCUT2D eigenvalue weighted by Gasteiger charge is -2.05. The highest BCUT2D eigenvalue weighted by atomic mass is 32.1. The number of nitrogens with zero attached hydrogens (tertiary/aromatic N) is 1. The van der Waals surface area contributed by atoms with Gasteiger partial charge in [0.1, 0.15) is 16.9 Å². The van der Waals surface area contributed by atoms with Gasteiger partial charge in [0.25, 0.3) is 5.91 Å². The Balaban J connectivity index is 1.73. The molecule has 1 aromatic heterocycles. The van der Waals surface area contributed by atoms with E-state index in [1.165, 1.54) is 23.5 Å². The third kappa shape index (κ3) is 5.51. The van der Waals surface area contributed by atoms with E-state index in [1.54, 1.807) is 11.4 Å². The van der Waals surface area contributed by atoms with Gasteiger partial charge in [0.2, 0.25) is 0 Å². The Labute approximate surface area is 146 Å². The van der Waals surface area contributed by atoms with Gasteiger partial charge in [-0.25, -0.2) is 4.39 Å². The number of carbonyl (C=O) groups is 3. The van der Waals surface area contributed by atoms with Crippen LogP contribution in [0.1, 0.15) is 28.8 Å². The molecule has 0 bridgehead atoms. The first kappa shape index (κ1) is 18.3. The molecule has 0 spiro atoms. The van der Waals surface area contributed by atoms with Crippen molar-refractivity contribution in [2.45, 2.75) is 12.8 Å². The minimum Gasteiger partial charge on any atom is -0.456 e. The number of carbonyl (C=O) groups excluding carboxylic acids is 3. The van der Waals surface area contributed by atoms with E-state index in [-0.39, 0.29) is 18.6 Å². The van der Waals surface area contributed by atoms with Crippen molar-refractivity contribution in [2.75, 3.05) is 11.9 Å². The fourth-order valence-electron chi connectivity index (χ4n) is 1.87. The molecule has 6 nitrogen and oxygen atoms in total. The van der Waals surface area contributed by atoms with Crippen molar-refractivity contribution in [3.05, 3.63) is 52.7 Å². The van der Waals surface area contributed by atoms with Crippen molar-refractivity contribution in [2.24, 2.45) is 0 Å². The summed E-state index contributed by atoms with van der Waals surface area (Å²) < 4.78 is 17.6. The van der Waals surface area contributed by atoms with Gasteiger partial charge in [-0.3, -0.25) is 14.4 Å². The van der Waals surface area contributed by atoms with Crippen LogP contribution in [0.5, 0.6) is 0 Å². The molecule has 0 saturated carbocycles. The van der Waals surface area contributed by atoms with Crippen LogP contribution in [-0.4, -0.2) is 24.3 Å². The maximum absolute atomic E-state index is 12.8. The number of anilines is 1. The molecular weight excluding hydrogens is 347 g/mol. The number of Topliss-reactive ketones (excluding diaryl/α,β-unsaturated/α-hetero) is 1. The van der Waals surface area contributed by atoms with Gasteiger partial charge < -0.3 is 10.1 Å². The first-order chi connectivity index (χ1) is 12.0. The number of hydrogen-bond donors (Lipinski definition) is 1. The summed E-state index contributed by atoms with van der Waals surface area (Å²) in [5, 5.41) is 13.3. The summed E-state index contributed by atoms with van der Waals surface area (Å²) in [6, 6.07) is 8.49. The number of ether oxygens (including phenoxy) is 1. The lowest BCUT2D eigenvalue weighted by atomic mass is 10.1. The summed E-state index contributed by atoms with van der Waals surface area (Å²) in [7, 11) is 0. The standard InChI is InChI=1S/C17H13FN2O4S/c18-13-3-1-11(2-4-13)14(21)5-6-16(23)24-10-15(22)20-17-12(9-19)7-8-25-17/h1-4,7-8H,5-6,10H2,(H,20,22). The van der Waals surface area contributed by atoms with E-state index in [1.807, 2.05) is 6.07 Å². The zero-order valence-electron chi connectivity index (χ0n) is 13.0. The molecule has 0 radical (unpaired) electrons. The van der Waals surface area contributed by atoms with Crippen LogP contribution >= 0.6 is 11.3 Å². The SMILES string of the molecule is N#Cc1ccsc1NC(=O)COC(=O)CCC(=O)c1ccc(F)cc1. The molecule has 2 aromatic rings. The van der Waals surface area contributed by atoms with Crippen molar-refractivity contribution < 1.29 is 23.5 Å². The molecule has 25 heavy (non-hydrogen) atoms. The molecule has 0 aliphatic heterocycles. The maximum atomic E-state index is 12.8. The monoisotopic (exact) mass is 360 g/mol. The van der Waals surface area contributed by atoms with E-state index in [4.69, 9.17) is 10.00 Å². The highest BCUT2D eigenvalue weighted by Crippen LogP contribution is 2.21. The second kappa shape index (κ2) is 8.70. The van der Waals surface area contributed by atoms with Crippen molar-refractivity contribution in [1.29, 1.82) is 5.26 Å². The van der Waals surface area contributed by atoms with Gasteiger partial charge in [-0.1, -0.05) is 0 Å². The van der Waals surface area contributed by atoms with Crippen molar-refractivity contribution in [3.8, 4) is 6.07 Å². The third-order valence-electron chi connectivity index (χ3n) is 3.13. The Morgan fingerprint density at radius 3 is 2.56 bits per heavy atom. The van der Waals surface area contributed by atoms with Gasteiger partial charge in [-0.15, -0.1) is 11.3 Å². The second-order valence-electron chi connectivity index (χ2n) is 4.91. The molecule has 0 aliphatic carbocycles. The molecule has 1 N–H and O–H groups in total. The molecule has 0 aliphatic rings. The summed E-state index contributed by atoms with van der Waals surface area (Å²) in [6.45, 7) is -0.508.